The Morgan fingerprint density at radius 3 is 2.55 bits per heavy atom. The van der Waals surface area contributed by atoms with E-state index in [2.05, 4.69) is 16.9 Å². The Balaban J connectivity index is 2.87. The van der Waals surface area contributed by atoms with Crippen LogP contribution in [0.4, 0.5) is 0 Å². The molecule has 0 saturated heterocycles. The number of ether oxygens (including phenoxy) is 2. The molecule has 0 bridgehead atoms. The number of hydrogen-bond acceptors (Lipinski definition) is 4. The van der Waals surface area contributed by atoms with Gasteiger partial charge in [0.25, 0.3) is 0 Å². The summed E-state index contributed by atoms with van der Waals surface area (Å²) in [7, 11) is 4.59. The summed E-state index contributed by atoms with van der Waals surface area (Å²) in [5.74, 6) is 0.917. The smallest absolute Gasteiger partial charge is 0.247 e. The summed E-state index contributed by atoms with van der Waals surface area (Å²) in [5, 5.41) is 0. The number of rotatable bonds is 8. The van der Waals surface area contributed by atoms with Crippen molar-refractivity contribution in [3.05, 3.63) is 36.4 Å². The van der Waals surface area contributed by atoms with Crippen LogP contribution in [-0.2, 0) is 16.1 Å². The summed E-state index contributed by atoms with van der Waals surface area (Å²) >= 11 is 0. The number of allylic oxidation sites excluding steroid dienone is 1. The van der Waals surface area contributed by atoms with Crippen molar-refractivity contribution in [1.29, 1.82) is 0 Å². The topological polar surface area (TPSA) is 56.8 Å². The third kappa shape index (κ3) is 4.28. The second-order valence-corrected chi connectivity index (χ2v) is 4.29. The Labute approximate surface area is 119 Å². The number of carbonyl (C=O) groups excluding carboxylic acids is 1. The maximum Gasteiger partial charge on any atom is 0.247 e. The normalized spacial score (nSPS) is 11.6. The van der Waals surface area contributed by atoms with Crippen LogP contribution in [-0.4, -0.2) is 27.2 Å². The van der Waals surface area contributed by atoms with Crippen LogP contribution >= 0.6 is 0 Å². The molecule has 1 unspecified atom stereocenters. The summed E-state index contributed by atoms with van der Waals surface area (Å²) < 4.78 is 10.4. The number of hydrogen-bond donors (Lipinski definition) is 1. The summed E-state index contributed by atoms with van der Waals surface area (Å²) in [6.07, 6.45) is 2.87. The van der Waals surface area contributed by atoms with Crippen molar-refractivity contribution in [3.63, 3.8) is 0 Å². The molecule has 1 amide bonds. The van der Waals surface area contributed by atoms with Crippen molar-refractivity contribution in [1.82, 2.24) is 5.48 Å². The molecule has 5 heteroatoms. The van der Waals surface area contributed by atoms with Crippen molar-refractivity contribution in [2.24, 2.45) is 5.92 Å². The standard InChI is InChI=1S/C15H21NO4/c1-5-6-12(15(17)16-20-4)9-11-7-8-13(18-2)14(10-11)19-3/h5,7-8,10,12H,1,6,9H2,2-4H3,(H,16,17). The fourth-order valence-corrected chi connectivity index (χ4v) is 1.96. The summed E-state index contributed by atoms with van der Waals surface area (Å²) in [6, 6.07) is 5.61. The monoisotopic (exact) mass is 279 g/mol. The minimum Gasteiger partial charge on any atom is -0.493 e. The average molecular weight is 279 g/mol. The van der Waals surface area contributed by atoms with Gasteiger partial charge in [0.1, 0.15) is 0 Å². The Morgan fingerprint density at radius 1 is 1.30 bits per heavy atom. The number of hydroxylamine groups is 1. The van der Waals surface area contributed by atoms with Crippen LogP contribution in [0.3, 0.4) is 0 Å². The highest BCUT2D eigenvalue weighted by atomic mass is 16.6. The Bertz CT molecular complexity index is 459. The third-order valence-electron chi connectivity index (χ3n) is 2.95. The Hall–Kier alpha value is -2.01. The summed E-state index contributed by atoms with van der Waals surface area (Å²) in [4.78, 5) is 16.5. The van der Waals surface area contributed by atoms with Crippen LogP contribution in [0.2, 0.25) is 0 Å². The second-order valence-electron chi connectivity index (χ2n) is 4.29. The maximum atomic E-state index is 11.9. The van der Waals surface area contributed by atoms with E-state index in [0.717, 1.165) is 5.56 Å². The molecule has 0 spiro atoms. The minimum absolute atomic E-state index is 0.165. The molecule has 20 heavy (non-hydrogen) atoms. The number of amides is 1. The van der Waals surface area contributed by atoms with Gasteiger partial charge in [-0.1, -0.05) is 12.1 Å². The van der Waals surface area contributed by atoms with Crippen LogP contribution in [0, 0.1) is 5.92 Å². The van der Waals surface area contributed by atoms with Gasteiger partial charge in [-0.3, -0.25) is 9.63 Å². The summed E-state index contributed by atoms with van der Waals surface area (Å²) in [6.45, 7) is 3.68. The van der Waals surface area contributed by atoms with Gasteiger partial charge in [0.2, 0.25) is 5.91 Å². The number of carbonyl (C=O) groups is 1. The molecule has 0 radical (unpaired) electrons. The average Bonchev–Trinajstić information content (AvgIpc) is 2.46. The lowest BCUT2D eigenvalue weighted by atomic mass is 9.95. The van der Waals surface area contributed by atoms with Gasteiger partial charge in [0, 0.05) is 5.92 Å². The molecule has 0 fully saturated rings. The molecule has 1 aromatic carbocycles. The Morgan fingerprint density at radius 2 is 2.00 bits per heavy atom. The molecule has 0 aliphatic carbocycles. The van der Waals surface area contributed by atoms with Gasteiger partial charge in [-0.25, -0.2) is 5.48 Å². The zero-order valence-corrected chi connectivity index (χ0v) is 12.1. The highest BCUT2D eigenvalue weighted by molar-refractivity contribution is 5.78. The molecular formula is C15H21NO4. The molecule has 0 aromatic heterocycles. The van der Waals surface area contributed by atoms with E-state index in [-0.39, 0.29) is 11.8 Å². The fraction of sp³-hybridized carbons (Fsp3) is 0.400. The molecule has 1 rings (SSSR count). The second kappa shape index (κ2) is 8.22. The van der Waals surface area contributed by atoms with Gasteiger partial charge in [0.05, 0.1) is 21.3 Å². The molecule has 0 saturated carbocycles. The van der Waals surface area contributed by atoms with Gasteiger partial charge >= 0.3 is 0 Å². The van der Waals surface area contributed by atoms with Crippen molar-refractivity contribution >= 4 is 5.91 Å². The van der Waals surface area contributed by atoms with Crippen LogP contribution < -0.4 is 15.0 Å². The predicted octanol–water partition coefficient (Wildman–Crippen LogP) is 2.12. The van der Waals surface area contributed by atoms with Crippen LogP contribution in [0.15, 0.2) is 30.9 Å². The van der Waals surface area contributed by atoms with Gasteiger partial charge < -0.3 is 9.47 Å². The molecule has 1 N–H and O–H groups in total. The zero-order chi connectivity index (χ0) is 15.0. The fourth-order valence-electron chi connectivity index (χ4n) is 1.96. The minimum atomic E-state index is -0.231. The SMILES string of the molecule is C=CCC(Cc1ccc(OC)c(OC)c1)C(=O)NOC. The quantitative estimate of drug-likeness (QED) is 0.585. The zero-order valence-electron chi connectivity index (χ0n) is 12.1. The van der Waals surface area contributed by atoms with E-state index in [0.29, 0.717) is 24.3 Å². The van der Waals surface area contributed by atoms with E-state index in [9.17, 15) is 4.79 Å². The maximum absolute atomic E-state index is 11.9. The highest BCUT2D eigenvalue weighted by Gasteiger charge is 2.18. The molecule has 1 atom stereocenters. The van der Waals surface area contributed by atoms with Gasteiger partial charge in [0.15, 0.2) is 11.5 Å². The van der Waals surface area contributed by atoms with Crippen molar-refractivity contribution < 1.29 is 19.1 Å². The summed E-state index contributed by atoms with van der Waals surface area (Å²) in [5.41, 5.74) is 3.35. The van der Waals surface area contributed by atoms with Crippen molar-refractivity contribution in [2.45, 2.75) is 12.8 Å². The number of benzene rings is 1. The van der Waals surface area contributed by atoms with Crippen LogP contribution in [0.1, 0.15) is 12.0 Å². The van der Waals surface area contributed by atoms with E-state index < -0.39 is 0 Å². The highest BCUT2D eigenvalue weighted by Crippen LogP contribution is 2.28. The molecule has 5 nitrogen and oxygen atoms in total. The van der Waals surface area contributed by atoms with E-state index in [1.807, 2.05) is 18.2 Å². The molecule has 0 aliphatic rings. The molecule has 0 aliphatic heterocycles. The first kappa shape index (κ1) is 16.0. The molecular weight excluding hydrogens is 258 g/mol. The van der Waals surface area contributed by atoms with E-state index in [4.69, 9.17) is 9.47 Å². The first-order valence-corrected chi connectivity index (χ1v) is 6.30. The number of methoxy groups -OCH3 is 2. The van der Waals surface area contributed by atoms with Gasteiger partial charge in [-0.15, -0.1) is 6.58 Å². The lowest BCUT2D eigenvalue weighted by molar-refractivity contribution is -0.135. The van der Waals surface area contributed by atoms with Crippen LogP contribution in [0.25, 0.3) is 0 Å². The third-order valence-corrected chi connectivity index (χ3v) is 2.95. The first-order chi connectivity index (χ1) is 9.65. The van der Waals surface area contributed by atoms with Crippen LogP contribution in [0.5, 0.6) is 11.5 Å². The molecule has 110 valence electrons. The van der Waals surface area contributed by atoms with E-state index in [1.54, 1.807) is 20.3 Å². The van der Waals surface area contributed by atoms with E-state index in [1.165, 1.54) is 7.11 Å². The number of nitrogens with one attached hydrogen (secondary N) is 1. The molecule has 1 aromatic rings. The largest absolute Gasteiger partial charge is 0.493 e. The lowest BCUT2D eigenvalue weighted by Crippen LogP contribution is -2.30. The van der Waals surface area contributed by atoms with Gasteiger partial charge in [-0.05, 0) is 30.5 Å². The van der Waals surface area contributed by atoms with E-state index >= 15 is 0 Å². The van der Waals surface area contributed by atoms with Crippen molar-refractivity contribution in [2.75, 3.05) is 21.3 Å². The van der Waals surface area contributed by atoms with Crippen molar-refractivity contribution in [3.8, 4) is 11.5 Å². The first-order valence-electron chi connectivity index (χ1n) is 6.30. The molecule has 0 heterocycles. The predicted molar refractivity (Wildman–Crippen MR) is 76.7 cm³/mol. The lowest BCUT2D eigenvalue weighted by Gasteiger charge is -2.15. The van der Waals surface area contributed by atoms with Gasteiger partial charge in [-0.2, -0.15) is 0 Å². The Kier molecular flexibility index (Phi) is 6.59.